The lowest BCUT2D eigenvalue weighted by molar-refractivity contribution is -0.153. The van der Waals surface area contributed by atoms with Gasteiger partial charge in [-0.2, -0.15) is 0 Å². The molecule has 1 N–H and O–H groups in total. The molecule has 0 radical (unpaired) electrons. The first-order valence-corrected chi connectivity index (χ1v) is 7.28. The molecular formula is C17H21NO3. The summed E-state index contributed by atoms with van der Waals surface area (Å²) in [6.07, 6.45) is 5.67. The first-order chi connectivity index (χ1) is 10.0. The molecule has 1 aromatic rings. The fraction of sp³-hybridized carbons (Fsp3) is 0.412. The number of nitrogens with one attached hydrogen (secondary N) is 1. The predicted octanol–water partition coefficient (Wildman–Crippen LogP) is 3.22. The van der Waals surface area contributed by atoms with Crippen LogP contribution in [0, 0.1) is 12.8 Å². The van der Waals surface area contributed by atoms with Gasteiger partial charge in [-0.1, -0.05) is 29.8 Å². The highest BCUT2D eigenvalue weighted by molar-refractivity contribution is 5.95. The van der Waals surface area contributed by atoms with E-state index in [4.69, 9.17) is 4.74 Å². The molecule has 0 aromatic heterocycles. The van der Waals surface area contributed by atoms with Gasteiger partial charge >= 0.3 is 5.97 Å². The Bertz CT molecular complexity index is 533. The molecule has 4 heteroatoms. The van der Waals surface area contributed by atoms with E-state index in [2.05, 4.69) is 11.4 Å². The third-order valence-electron chi connectivity index (χ3n) is 3.54. The topological polar surface area (TPSA) is 55.4 Å². The number of aryl methyl sites for hydroxylation is 1. The van der Waals surface area contributed by atoms with Crippen LogP contribution >= 0.6 is 0 Å². The quantitative estimate of drug-likeness (QED) is 0.668. The standard InChI is InChI=1S/C17H21NO3/c1-12-7-9-15(10-8-12)18-17(20)13(2)21-16(19)11-14-5-3-4-6-14/h3,5,7-10,13-14H,4,6,11H2,1-2H3,(H,18,20)/t13-,14+/m0/s1. The van der Waals surface area contributed by atoms with Gasteiger partial charge in [-0.3, -0.25) is 9.59 Å². The van der Waals surface area contributed by atoms with Crippen LogP contribution in [0.3, 0.4) is 0 Å². The Hall–Kier alpha value is -2.10. The summed E-state index contributed by atoms with van der Waals surface area (Å²) in [5.41, 5.74) is 1.82. The molecule has 0 spiro atoms. The summed E-state index contributed by atoms with van der Waals surface area (Å²) in [4.78, 5) is 23.7. The number of anilines is 1. The zero-order valence-electron chi connectivity index (χ0n) is 12.5. The summed E-state index contributed by atoms with van der Waals surface area (Å²) in [5.74, 6) is -0.378. The van der Waals surface area contributed by atoms with Gasteiger partial charge in [0.2, 0.25) is 0 Å². The van der Waals surface area contributed by atoms with Gasteiger partial charge in [-0.25, -0.2) is 0 Å². The number of hydrogen-bond acceptors (Lipinski definition) is 3. The van der Waals surface area contributed by atoms with Crippen LogP contribution in [0.2, 0.25) is 0 Å². The van der Waals surface area contributed by atoms with Crippen molar-refractivity contribution in [2.24, 2.45) is 5.92 Å². The molecule has 112 valence electrons. The van der Waals surface area contributed by atoms with E-state index in [-0.39, 0.29) is 17.8 Å². The number of hydrogen-bond donors (Lipinski definition) is 1. The Morgan fingerprint density at radius 3 is 2.67 bits per heavy atom. The molecule has 0 unspecified atom stereocenters. The zero-order chi connectivity index (χ0) is 15.2. The van der Waals surface area contributed by atoms with Crippen molar-refractivity contribution in [2.75, 3.05) is 5.32 Å². The maximum Gasteiger partial charge on any atom is 0.307 e. The summed E-state index contributed by atoms with van der Waals surface area (Å²) in [5, 5.41) is 2.74. The van der Waals surface area contributed by atoms with Crippen molar-refractivity contribution >= 4 is 17.6 Å². The lowest BCUT2D eigenvalue weighted by Gasteiger charge is -2.15. The summed E-state index contributed by atoms with van der Waals surface area (Å²) in [7, 11) is 0. The van der Waals surface area contributed by atoms with Gasteiger partial charge in [-0.15, -0.1) is 0 Å². The Morgan fingerprint density at radius 1 is 1.33 bits per heavy atom. The third-order valence-corrected chi connectivity index (χ3v) is 3.54. The minimum absolute atomic E-state index is 0.254. The highest BCUT2D eigenvalue weighted by Crippen LogP contribution is 2.21. The average molecular weight is 287 g/mol. The van der Waals surface area contributed by atoms with E-state index in [0.717, 1.165) is 18.4 Å². The SMILES string of the molecule is Cc1ccc(NC(=O)[C@H](C)OC(=O)C[C@@H]2C=CCC2)cc1. The van der Waals surface area contributed by atoms with Crippen LogP contribution in [0.5, 0.6) is 0 Å². The fourth-order valence-corrected chi connectivity index (χ4v) is 2.26. The number of carbonyl (C=O) groups excluding carboxylic acids is 2. The van der Waals surface area contributed by atoms with Gasteiger partial charge in [-0.05, 0) is 44.7 Å². The second kappa shape index (κ2) is 7.07. The molecule has 0 bridgehead atoms. The second-order valence-electron chi connectivity index (χ2n) is 5.46. The Morgan fingerprint density at radius 2 is 2.05 bits per heavy atom. The molecule has 0 aliphatic heterocycles. The molecule has 0 fully saturated rings. The van der Waals surface area contributed by atoms with Crippen LogP contribution in [-0.2, 0) is 14.3 Å². The number of esters is 1. The maximum atomic E-state index is 12.0. The Kier molecular flexibility index (Phi) is 5.14. The van der Waals surface area contributed by atoms with Gasteiger partial charge in [0.25, 0.3) is 5.91 Å². The summed E-state index contributed by atoms with van der Waals surface area (Å²) < 4.78 is 5.19. The minimum atomic E-state index is -0.788. The third kappa shape index (κ3) is 4.74. The van der Waals surface area contributed by atoms with Gasteiger partial charge in [0.1, 0.15) is 0 Å². The van der Waals surface area contributed by atoms with Crippen molar-refractivity contribution in [3.05, 3.63) is 42.0 Å². The molecule has 0 saturated carbocycles. The monoisotopic (exact) mass is 287 g/mol. The van der Waals surface area contributed by atoms with Gasteiger partial charge in [0, 0.05) is 5.69 Å². The van der Waals surface area contributed by atoms with Crippen LogP contribution in [0.4, 0.5) is 5.69 Å². The van der Waals surface area contributed by atoms with Crippen molar-refractivity contribution in [1.29, 1.82) is 0 Å². The molecule has 1 aliphatic rings. The smallest absolute Gasteiger partial charge is 0.307 e. The summed E-state index contributed by atoms with van der Waals surface area (Å²) in [6.45, 7) is 3.57. The number of ether oxygens (including phenoxy) is 1. The number of rotatable bonds is 5. The van der Waals surface area contributed by atoms with Gasteiger partial charge in [0.15, 0.2) is 6.10 Å². The van der Waals surface area contributed by atoms with E-state index >= 15 is 0 Å². The summed E-state index contributed by atoms with van der Waals surface area (Å²) >= 11 is 0. The van der Waals surface area contributed by atoms with E-state index < -0.39 is 6.10 Å². The molecule has 0 heterocycles. The average Bonchev–Trinajstić information content (AvgIpc) is 2.94. The highest BCUT2D eigenvalue weighted by Gasteiger charge is 2.20. The van der Waals surface area contributed by atoms with E-state index in [9.17, 15) is 9.59 Å². The van der Waals surface area contributed by atoms with Gasteiger partial charge in [0.05, 0.1) is 6.42 Å². The van der Waals surface area contributed by atoms with Crippen molar-refractivity contribution in [1.82, 2.24) is 0 Å². The van der Waals surface area contributed by atoms with Crippen molar-refractivity contribution in [2.45, 2.75) is 39.2 Å². The van der Waals surface area contributed by atoms with E-state index in [1.165, 1.54) is 0 Å². The van der Waals surface area contributed by atoms with E-state index in [0.29, 0.717) is 12.1 Å². The molecule has 0 saturated heterocycles. The molecule has 21 heavy (non-hydrogen) atoms. The molecule has 1 amide bonds. The number of amides is 1. The lowest BCUT2D eigenvalue weighted by atomic mass is 10.1. The largest absolute Gasteiger partial charge is 0.453 e. The van der Waals surface area contributed by atoms with Crippen molar-refractivity contribution < 1.29 is 14.3 Å². The van der Waals surface area contributed by atoms with Crippen LogP contribution in [0.25, 0.3) is 0 Å². The molecular weight excluding hydrogens is 266 g/mol. The van der Waals surface area contributed by atoms with Crippen LogP contribution in [0.15, 0.2) is 36.4 Å². The van der Waals surface area contributed by atoms with Crippen LogP contribution < -0.4 is 5.32 Å². The zero-order valence-corrected chi connectivity index (χ0v) is 12.5. The van der Waals surface area contributed by atoms with E-state index in [1.54, 1.807) is 6.92 Å². The first kappa shape index (κ1) is 15.3. The van der Waals surface area contributed by atoms with Crippen LogP contribution in [0.1, 0.15) is 31.7 Å². The molecule has 1 aliphatic carbocycles. The minimum Gasteiger partial charge on any atom is -0.453 e. The first-order valence-electron chi connectivity index (χ1n) is 7.28. The summed E-state index contributed by atoms with van der Waals surface area (Å²) in [6, 6.07) is 7.48. The van der Waals surface area contributed by atoms with Crippen molar-refractivity contribution in [3.63, 3.8) is 0 Å². The second-order valence-corrected chi connectivity index (χ2v) is 5.46. The fourth-order valence-electron chi connectivity index (χ4n) is 2.26. The molecule has 2 rings (SSSR count). The number of allylic oxidation sites excluding steroid dienone is 2. The number of benzene rings is 1. The van der Waals surface area contributed by atoms with Crippen molar-refractivity contribution in [3.8, 4) is 0 Å². The lowest BCUT2D eigenvalue weighted by Crippen LogP contribution is -2.30. The Balaban J connectivity index is 1.80. The molecule has 4 nitrogen and oxygen atoms in total. The van der Waals surface area contributed by atoms with Crippen LogP contribution in [-0.4, -0.2) is 18.0 Å². The Labute approximate surface area is 125 Å². The maximum absolute atomic E-state index is 12.0. The normalized spacial score (nSPS) is 18.3. The van der Waals surface area contributed by atoms with Gasteiger partial charge < -0.3 is 10.1 Å². The highest BCUT2D eigenvalue weighted by atomic mass is 16.5. The molecule has 1 aromatic carbocycles. The number of carbonyl (C=O) groups is 2. The predicted molar refractivity (Wildman–Crippen MR) is 81.8 cm³/mol. The van der Waals surface area contributed by atoms with E-state index in [1.807, 2.05) is 37.3 Å². The molecule has 2 atom stereocenters.